The van der Waals surface area contributed by atoms with Crippen LogP contribution in [0.4, 0.5) is 0 Å². The fourth-order valence-corrected chi connectivity index (χ4v) is 0.868. The number of rotatable bonds is 4. The van der Waals surface area contributed by atoms with Gasteiger partial charge in [-0.05, 0) is 19.1 Å². The van der Waals surface area contributed by atoms with Crippen molar-refractivity contribution in [1.82, 2.24) is 0 Å². The Balaban J connectivity index is 2.61. The van der Waals surface area contributed by atoms with Gasteiger partial charge in [0.25, 0.3) is 0 Å². The van der Waals surface area contributed by atoms with Crippen LogP contribution in [0.2, 0.25) is 0 Å². The molecule has 0 bridgehead atoms. The molecule has 1 rings (SSSR count). The lowest BCUT2D eigenvalue weighted by atomic mass is 10.1. The average molecular weight is 211 g/mol. The van der Waals surface area contributed by atoms with E-state index in [1.165, 1.54) is 19.1 Å². The van der Waals surface area contributed by atoms with Crippen molar-refractivity contribution in [1.29, 1.82) is 0 Å². The molecule has 0 aromatic heterocycles. The fourth-order valence-electron chi connectivity index (χ4n) is 0.868. The van der Waals surface area contributed by atoms with Crippen molar-refractivity contribution in [2.75, 3.05) is 6.61 Å². The number of hydrogen-bond acceptors (Lipinski definition) is 4. The first-order valence-electron chi connectivity index (χ1n) is 4.36. The summed E-state index contributed by atoms with van der Waals surface area (Å²) in [4.78, 5) is 10.7. The highest BCUT2D eigenvalue weighted by atomic mass is 16.5. The van der Waals surface area contributed by atoms with Crippen molar-refractivity contribution in [3.8, 4) is 11.5 Å². The molecule has 0 aliphatic carbocycles. The number of phenols is 1. The normalized spacial score (nSPS) is 14.3. The van der Waals surface area contributed by atoms with E-state index in [-0.39, 0.29) is 12.4 Å². The Labute approximate surface area is 87.1 Å². The summed E-state index contributed by atoms with van der Waals surface area (Å²) in [6.45, 7) is 1.20. The molecule has 0 radical (unpaired) electrons. The van der Waals surface area contributed by atoms with E-state index in [2.05, 4.69) is 0 Å². The largest absolute Gasteiger partial charge is 0.508 e. The summed E-state index contributed by atoms with van der Waals surface area (Å²) in [6.07, 6.45) is 0. The van der Waals surface area contributed by atoms with E-state index in [9.17, 15) is 4.79 Å². The summed E-state index contributed by atoms with van der Waals surface area (Å²) in [5.74, 6) is -0.697. The summed E-state index contributed by atoms with van der Waals surface area (Å²) in [5, 5.41) is 17.8. The highest BCUT2D eigenvalue weighted by Crippen LogP contribution is 2.18. The molecule has 0 fully saturated rings. The summed E-state index contributed by atoms with van der Waals surface area (Å²) in [6, 6.07) is 6.08. The third-order valence-electron chi connectivity index (χ3n) is 1.84. The number of aromatic hydroxyl groups is 1. The molecule has 0 saturated heterocycles. The summed E-state index contributed by atoms with van der Waals surface area (Å²) in [7, 11) is 0. The number of carboxylic acids is 1. The smallest absolute Gasteiger partial charge is 0.326 e. The van der Waals surface area contributed by atoms with Crippen LogP contribution in [0, 0.1) is 0 Å². The zero-order valence-electron chi connectivity index (χ0n) is 8.30. The molecule has 4 N–H and O–H groups in total. The summed E-state index contributed by atoms with van der Waals surface area (Å²) >= 11 is 0. The molecule has 1 atom stereocenters. The molecule has 0 aliphatic rings. The van der Waals surface area contributed by atoms with Crippen molar-refractivity contribution in [3.63, 3.8) is 0 Å². The van der Waals surface area contributed by atoms with Crippen LogP contribution in [0.25, 0.3) is 0 Å². The van der Waals surface area contributed by atoms with E-state index >= 15 is 0 Å². The van der Waals surface area contributed by atoms with Crippen LogP contribution in [0.1, 0.15) is 6.92 Å². The molecule has 1 aromatic carbocycles. The zero-order chi connectivity index (χ0) is 11.5. The van der Waals surface area contributed by atoms with Gasteiger partial charge in [-0.25, -0.2) is 0 Å². The first-order valence-corrected chi connectivity index (χ1v) is 4.36. The predicted octanol–water partition coefficient (Wildman–Crippen LogP) is 0.573. The van der Waals surface area contributed by atoms with Crippen molar-refractivity contribution in [2.45, 2.75) is 12.5 Å². The van der Waals surface area contributed by atoms with Crippen molar-refractivity contribution in [3.05, 3.63) is 24.3 Å². The lowest BCUT2D eigenvalue weighted by Gasteiger charge is -2.19. The number of nitrogens with two attached hydrogens (primary N) is 1. The first-order chi connectivity index (χ1) is 6.92. The van der Waals surface area contributed by atoms with E-state index in [4.69, 9.17) is 20.7 Å². The third kappa shape index (κ3) is 3.14. The Hall–Kier alpha value is -1.75. The Kier molecular flexibility index (Phi) is 3.16. The second-order valence-corrected chi connectivity index (χ2v) is 3.51. The average Bonchev–Trinajstić information content (AvgIpc) is 2.15. The number of benzene rings is 1. The summed E-state index contributed by atoms with van der Waals surface area (Å²) in [5.41, 5.74) is 4.02. The number of carboxylic acid groups (broad SMARTS) is 1. The van der Waals surface area contributed by atoms with Gasteiger partial charge in [-0.15, -0.1) is 0 Å². The number of hydrogen-bond donors (Lipinski definition) is 3. The van der Waals surface area contributed by atoms with Gasteiger partial charge in [0.2, 0.25) is 0 Å². The molecule has 1 aromatic rings. The molecule has 5 nitrogen and oxygen atoms in total. The minimum Gasteiger partial charge on any atom is -0.508 e. The van der Waals surface area contributed by atoms with Gasteiger partial charge >= 0.3 is 5.97 Å². The number of ether oxygens (including phenoxy) is 1. The predicted molar refractivity (Wildman–Crippen MR) is 53.8 cm³/mol. The van der Waals surface area contributed by atoms with Gasteiger partial charge in [-0.3, -0.25) is 4.79 Å². The van der Waals surface area contributed by atoms with Gasteiger partial charge in [-0.2, -0.15) is 0 Å². The Bertz CT molecular complexity index is 362. The minimum atomic E-state index is -1.44. The molecule has 0 amide bonds. The van der Waals surface area contributed by atoms with E-state index in [1.54, 1.807) is 12.1 Å². The maximum absolute atomic E-state index is 10.7. The van der Waals surface area contributed by atoms with E-state index in [0.717, 1.165) is 0 Å². The fraction of sp³-hybridized carbons (Fsp3) is 0.300. The van der Waals surface area contributed by atoms with Gasteiger partial charge in [0.15, 0.2) is 0 Å². The molecule has 82 valence electrons. The lowest BCUT2D eigenvalue weighted by Crippen LogP contribution is -2.49. The van der Waals surface area contributed by atoms with Crippen LogP contribution in [0.3, 0.4) is 0 Å². The van der Waals surface area contributed by atoms with Crippen molar-refractivity contribution >= 4 is 5.97 Å². The van der Waals surface area contributed by atoms with Crippen LogP contribution >= 0.6 is 0 Å². The molecule has 0 aliphatic heterocycles. The number of aliphatic carboxylic acids is 1. The second kappa shape index (κ2) is 4.18. The monoisotopic (exact) mass is 211 g/mol. The van der Waals surface area contributed by atoms with Crippen LogP contribution in [0.5, 0.6) is 11.5 Å². The van der Waals surface area contributed by atoms with Crippen molar-refractivity contribution < 1.29 is 19.7 Å². The first kappa shape index (κ1) is 11.3. The zero-order valence-corrected chi connectivity index (χ0v) is 8.30. The molecule has 1 unspecified atom stereocenters. The standard InChI is InChI=1S/C10H13NO4/c1-10(11,9(13)14)6-15-8-4-2-3-7(12)5-8/h2-5,12H,6,11H2,1H3,(H,13,14). The molecule has 15 heavy (non-hydrogen) atoms. The topological polar surface area (TPSA) is 92.8 Å². The van der Waals surface area contributed by atoms with E-state index < -0.39 is 11.5 Å². The molecule has 0 saturated carbocycles. The van der Waals surface area contributed by atoms with Gasteiger partial charge in [0.05, 0.1) is 0 Å². The third-order valence-corrected chi connectivity index (χ3v) is 1.84. The molecular weight excluding hydrogens is 198 g/mol. The molecule has 0 heterocycles. The lowest BCUT2D eigenvalue weighted by molar-refractivity contribution is -0.143. The molecular formula is C10H13NO4. The molecule has 5 heteroatoms. The van der Waals surface area contributed by atoms with Gasteiger partial charge < -0.3 is 20.7 Å². The highest BCUT2D eigenvalue weighted by Gasteiger charge is 2.28. The van der Waals surface area contributed by atoms with E-state index in [0.29, 0.717) is 5.75 Å². The Morgan fingerprint density at radius 3 is 2.80 bits per heavy atom. The van der Waals surface area contributed by atoms with E-state index in [1.807, 2.05) is 0 Å². The quantitative estimate of drug-likeness (QED) is 0.677. The van der Waals surface area contributed by atoms with Crippen LogP contribution < -0.4 is 10.5 Å². The number of phenolic OH excluding ortho intramolecular Hbond substituents is 1. The SMILES string of the molecule is CC(N)(COc1cccc(O)c1)C(=O)O. The minimum absolute atomic E-state index is 0.0570. The highest BCUT2D eigenvalue weighted by molar-refractivity contribution is 5.78. The van der Waals surface area contributed by atoms with Crippen LogP contribution in [0.15, 0.2) is 24.3 Å². The van der Waals surface area contributed by atoms with Crippen LogP contribution in [-0.2, 0) is 4.79 Å². The van der Waals surface area contributed by atoms with Gasteiger partial charge in [-0.1, -0.05) is 6.07 Å². The van der Waals surface area contributed by atoms with Crippen LogP contribution in [-0.4, -0.2) is 28.3 Å². The second-order valence-electron chi connectivity index (χ2n) is 3.51. The van der Waals surface area contributed by atoms with Gasteiger partial charge in [0.1, 0.15) is 23.6 Å². The summed E-state index contributed by atoms with van der Waals surface area (Å²) < 4.78 is 5.15. The number of carbonyl (C=O) groups is 1. The molecule has 0 spiro atoms. The Morgan fingerprint density at radius 1 is 1.60 bits per heavy atom. The van der Waals surface area contributed by atoms with Crippen molar-refractivity contribution in [2.24, 2.45) is 5.73 Å². The van der Waals surface area contributed by atoms with Gasteiger partial charge in [0, 0.05) is 6.07 Å². The maximum atomic E-state index is 10.7. The maximum Gasteiger partial charge on any atom is 0.326 e. The Morgan fingerprint density at radius 2 is 2.27 bits per heavy atom.